The lowest BCUT2D eigenvalue weighted by molar-refractivity contribution is 0.948. The Hall–Kier alpha value is -2.80. The van der Waals surface area contributed by atoms with Crippen LogP contribution in [0.25, 0.3) is 11.0 Å². The molecule has 2 heterocycles. The Morgan fingerprint density at radius 2 is 2.10 bits per heavy atom. The molecule has 0 spiro atoms. The summed E-state index contributed by atoms with van der Waals surface area (Å²) >= 11 is 0. The molecule has 0 aliphatic heterocycles. The Kier molecular flexibility index (Phi) is 3.10. The van der Waals surface area contributed by atoms with Crippen LogP contribution >= 0.6 is 0 Å². The normalized spacial score (nSPS) is 10.4. The van der Waals surface area contributed by atoms with Crippen LogP contribution in [0.2, 0.25) is 0 Å². The number of terminal acetylenes is 1. The predicted molar refractivity (Wildman–Crippen MR) is 80.2 cm³/mol. The Balaban J connectivity index is 1.85. The van der Waals surface area contributed by atoms with E-state index in [9.17, 15) is 0 Å². The van der Waals surface area contributed by atoms with Crippen molar-refractivity contribution in [2.45, 2.75) is 6.54 Å². The number of hydrogen-bond donors (Lipinski definition) is 1. The first kappa shape index (κ1) is 12.2. The standard InChI is InChI=1S/C16H14N4/c1-3-13-7-5-9-15(19-13)17-10-12-6-4-8-14-16(12)18-11-20(14)2/h1,4-9,11H,10H2,2H3,(H,17,19). The Morgan fingerprint density at radius 3 is 2.95 bits per heavy atom. The quantitative estimate of drug-likeness (QED) is 0.738. The summed E-state index contributed by atoms with van der Waals surface area (Å²) in [6.45, 7) is 0.662. The van der Waals surface area contributed by atoms with Gasteiger partial charge in [-0.3, -0.25) is 0 Å². The minimum absolute atomic E-state index is 0.631. The van der Waals surface area contributed by atoms with Crippen molar-refractivity contribution in [2.24, 2.45) is 7.05 Å². The van der Waals surface area contributed by atoms with Gasteiger partial charge < -0.3 is 9.88 Å². The van der Waals surface area contributed by atoms with Gasteiger partial charge in [0.2, 0.25) is 0 Å². The number of imidazole rings is 1. The minimum Gasteiger partial charge on any atom is -0.366 e. The van der Waals surface area contributed by atoms with Gasteiger partial charge in [0.25, 0.3) is 0 Å². The molecule has 0 aliphatic carbocycles. The molecule has 0 atom stereocenters. The van der Waals surface area contributed by atoms with Crippen molar-refractivity contribution in [3.8, 4) is 12.3 Å². The van der Waals surface area contributed by atoms with Crippen molar-refractivity contribution < 1.29 is 0 Å². The summed E-state index contributed by atoms with van der Waals surface area (Å²) in [5.41, 5.74) is 3.90. The van der Waals surface area contributed by atoms with Gasteiger partial charge in [-0.05, 0) is 23.8 Å². The zero-order valence-corrected chi connectivity index (χ0v) is 11.2. The molecule has 0 fully saturated rings. The van der Waals surface area contributed by atoms with Crippen molar-refractivity contribution >= 4 is 16.9 Å². The van der Waals surface area contributed by atoms with Crippen LogP contribution in [-0.4, -0.2) is 14.5 Å². The van der Waals surface area contributed by atoms with Crippen molar-refractivity contribution in [2.75, 3.05) is 5.32 Å². The van der Waals surface area contributed by atoms with E-state index in [4.69, 9.17) is 6.42 Å². The highest BCUT2D eigenvalue weighted by Crippen LogP contribution is 2.17. The average molecular weight is 262 g/mol. The second kappa shape index (κ2) is 5.06. The number of aryl methyl sites for hydroxylation is 1. The van der Waals surface area contributed by atoms with E-state index in [-0.39, 0.29) is 0 Å². The van der Waals surface area contributed by atoms with Crippen LogP contribution in [0, 0.1) is 12.3 Å². The summed E-state index contributed by atoms with van der Waals surface area (Å²) in [6.07, 6.45) is 7.17. The van der Waals surface area contributed by atoms with Crippen molar-refractivity contribution in [3.63, 3.8) is 0 Å². The molecule has 0 saturated carbocycles. The SMILES string of the molecule is C#Cc1cccc(NCc2cccc3c2ncn3C)n1. The first-order valence-electron chi connectivity index (χ1n) is 6.34. The minimum atomic E-state index is 0.631. The zero-order valence-electron chi connectivity index (χ0n) is 11.2. The number of fused-ring (bicyclic) bond motifs is 1. The van der Waals surface area contributed by atoms with Crippen LogP contribution in [0.1, 0.15) is 11.3 Å². The lowest BCUT2D eigenvalue weighted by Gasteiger charge is -2.07. The van der Waals surface area contributed by atoms with Gasteiger partial charge in [-0.1, -0.05) is 24.1 Å². The monoisotopic (exact) mass is 262 g/mol. The number of aromatic nitrogens is 3. The third-order valence-electron chi connectivity index (χ3n) is 3.20. The van der Waals surface area contributed by atoms with Crippen LogP contribution in [-0.2, 0) is 13.6 Å². The van der Waals surface area contributed by atoms with Gasteiger partial charge in [0.15, 0.2) is 0 Å². The summed E-state index contributed by atoms with van der Waals surface area (Å²) in [7, 11) is 1.99. The predicted octanol–water partition coefficient (Wildman–Crippen LogP) is 2.56. The fraction of sp³-hybridized carbons (Fsp3) is 0.125. The molecule has 20 heavy (non-hydrogen) atoms. The van der Waals surface area contributed by atoms with E-state index in [1.807, 2.05) is 42.2 Å². The van der Waals surface area contributed by atoms with E-state index >= 15 is 0 Å². The summed E-state index contributed by atoms with van der Waals surface area (Å²) in [5, 5.41) is 3.28. The van der Waals surface area contributed by atoms with Crippen LogP contribution < -0.4 is 5.32 Å². The van der Waals surface area contributed by atoms with Gasteiger partial charge in [0.05, 0.1) is 17.4 Å². The smallest absolute Gasteiger partial charge is 0.127 e. The van der Waals surface area contributed by atoms with Gasteiger partial charge in [-0.15, -0.1) is 6.42 Å². The van der Waals surface area contributed by atoms with Crippen molar-refractivity contribution in [1.82, 2.24) is 14.5 Å². The molecule has 0 aliphatic rings. The Morgan fingerprint density at radius 1 is 1.25 bits per heavy atom. The van der Waals surface area contributed by atoms with E-state index in [2.05, 4.69) is 33.3 Å². The molecule has 0 amide bonds. The van der Waals surface area contributed by atoms with Crippen LogP contribution in [0.3, 0.4) is 0 Å². The molecular weight excluding hydrogens is 248 g/mol. The molecule has 4 nitrogen and oxygen atoms in total. The number of para-hydroxylation sites is 1. The molecule has 0 saturated heterocycles. The molecule has 0 radical (unpaired) electrons. The van der Waals surface area contributed by atoms with Crippen LogP contribution in [0.15, 0.2) is 42.7 Å². The summed E-state index contributed by atoms with van der Waals surface area (Å²) < 4.78 is 2.01. The summed E-state index contributed by atoms with van der Waals surface area (Å²) in [4.78, 5) is 8.75. The molecule has 0 bridgehead atoms. The van der Waals surface area contributed by atoms with Gasteiger partial charge in [-0.2, -0.15) is 0 Å². The lowest BCUT2D eigenvalue weighted by atomic mass is 10.2. The summed E-state index contributed by atoms with van der Waals surface area (Å²) in [5.74, 6) is 3.30. The number of benzene rings is 1. The highest BCUT2D eigenvalue weighted by atomic mass is 15.0. The highest BCUT2D eigenvalue weighted by molar-refractivity contribution is 5.79. The molecular formula is C16H14N4. The Labute approximate surface area is 117 Å². The van der Waals surface area contributed by atoms with Crippen molar-refractivity contribution in [1.29, 1.82) is 0 Å². The molecule has 0 unspecified atom stereocenters. The van der Waals surface area contributed by atoms with E-state index in [0.29, 0.717) is 12.2 Å². The fourth-order valence-electron chi connectivity index (χ4n) is 2.16. The number of anilines is 1. The first-order valence-corrected chi connectivity index (χ1v) is 6.34. The highest BCUT2D eigenvalue weighted by Gasteiger charge is 2.05. The summed E-state index contributed by atoms with van der Waals surface area (Å²) in [6, 6.07) is 11.8. The Bertz CT molecular complexity index is 796. The number of hydrogen-bond acceptors (Lipinski definition) is 3. The number of rotatable bonds is 3. The van der Waals surface area contributed by atoms with Gasteiger partial charge in [0.1, 0.15) is 11.5 Å². The van der Waals surface area contributed by atoms with Gasteiger partial charge in [0, 0.05) is 13.6 Å². The van der Waals surface area contributed by atoms with Gasteiger partial charge in [-0.25, -0.2) is 9.97 Å². The molecule has 1 aromatic carbocycles. The fourth-order valence-corrected chi connectivity index (χ4v) is 2.16. The molecule has 1 N–H and O–H groups in total. The first-order chi connectivity index (χ1) is 9.78. The van der Waals surface area contributed by atoms with E-state index in [0.717, 1.165) is 22.4 Å². The number of nitrogens with one attached hydrogen (secondary N) is 1. The molecule has 3 rings (SSSR count). The maximum Gasteiger partial charge on any atom is 0.127 e. The van der Waals surface area contributed by atoms with E-state index in [1.165, 1.54) is 0 Å². The third kappa shape index (κ3) is 2.21. The third-order valence-corrected chi connectivity index (χ3v) is 3.20. The van der Waals surface area contributed by atoms with Crippen molar-refractivity contribution in [3.05, 3.63) is 54.0 Å². The van der Waals surface area contributed by atoms with Crippen LogP contribution in [0.5, 0.6) is 0 Å². The van der Waals surface area contributed by atoms with Gasteiger partial charge >= 0.3 is 0 Å². The van der Waals surface area contributed by atoms with Crippen LogP contribution in [0.4, 0.5) is 5.82 Å². The lowest BCUT2D eigenvalue weighted by Crippen LogP contribution is -2.02. The second-order valence-electron chi connectivity index (χ2n) is 4.55. The van der Waals surface area contributed by atoms with E-state index < -0.39 is 0 Å². The maximum absolute atomic E-state index is 5.35. The maximum atomic E-state index is 5.35. The topological polar surface area (TPSA) is 42.7 Å². The molecule has 2 aromatic heterocycles. The van der Waals surface area contributed by atoms with E-state index in [1.54, 1.807) is 0 Å². The number of pyridine rings is 1. The molecule has 4 heteroatoms. The second-order valence-corrected chi connectivity index (χ2v) is 4.55. The largest absolute Gasteiger partial charge is 0.366 e. The molecule has 3 aromatic rings. The molecule has 98 valence electrons. The number of nitrogens with zero attached hydrogens (tertiary/aromatic N) is 3. The zero-order chi connectivity index (χ0) is 13.9. The average Bonchev–Trinajstić information content (AvgIpc) is 2.88.